The summed E-state index contributed by atoms with van der Waals surface area (Å²) in [5.74, 6) is 0.239. The zero-order valence-corrected chi connectivity index (χ0v) is 7.86. The van der Waals surface area contributed by atoms with Gasteiger partial charge in [0.1, 0.15) is 11.3 Å². The van der Waals surface area contributed by atoms with Crippen molar-refractivity contribution in [3.8, 4) is 5.75 Å². The molecule has 1 aromatic heterocycles. The van der Waals surface area contributed by atoms with Crippen molar-refractivity contribution < 1.29 is 5.11 Å². The number of phenolic OH excluding ortho intramolecular Hbond substituents is 1. The van der Waals surface area contributed by atoms with Crippen LogP contribution in [0.2, 0.25) is 0 Å². The average Bonchev–Trinajstić information content (AvgIpc) is 2.06. The van der Waals surface area contributed by atoms with Gasteiger partial charge >= 0.3 is 0 Å². The second-order valence-corrected chi connectivity index (χ2v) is 2.35. The number of rotatable bonds is 0. The standard InChI is InChI=1S/C9H7NO.2Li/c11-8-5-1-3-7-4-2-6-10-9(7)8;;/h1-6,11H;;. The van der Waals surface area contributed by atoms with E-state index in [9.17, 15) is 5.11 Å². The zero-order valence-electron chi connectivity index (χ0n) is 7.86. The van der Waals surface area contributed by atoms with E-state index in [4.69, 9.17) is 0 Å². The van der Waals surface area contributed by atoms with Crippen molar-refractivity contribution in [3.63, 3.8) is 0 Å². The minimum atomic E-state index is 0. The first kappa shape index (κ1) is 12.6. The van der Waals surface area contributed by atoms with Gasteiger partial charge in [-0.15, -0.1) is 0 Å². The summed E-state index contributed by atoms with van der Waals surface area (Å²) in [6, 6.07) is 9.13. The molecule has 0 aliphatic heterocycles. The third-order valence-corrected chi connectivity index (χ3v) is 1.61. The van der Waals surface area contributed by atoms with Crippen LogP contribution in [0.4, 0.5) is 0 Å². The molecule has 0 unspecified atom stereocenters. The summed E-state index contributed by atoms with van der Waals surface area (Å²) in [4.78, 5) is 4.03. The Morgan fingerprint density at radius 3 is 2.38 bits per heavy atom. The fourth-order valence-electron chi connectivity index (χ4n) is 1.09. The number of nitrogens with zero attached hydrogens (tertiary/aromatic N) is 1. The van der Waals surface area contributed by atoms with Crippen LogP contribution in [0.1, 0.15) is 0 Å². The molecule has 1 N–H and O–H groups in total. The van der Waals surface area contributed by atoms with Gasteiger partial charge in [0.2, 0.25) is 0 Å². The van der Waals surface area contributed by atoms with E-state index in [0.29, 0.717) is 5.52 Å². The third kappa shape index (κ3) is 2.53. The number of aromatic hydroxyl groups is 1. The molecule has 2 radical (unpaired) electrons. The van der Waals surface area contributed by atoms with Crippen LogP contribution in [0.15, 0.2) is 36.5 Å². The van der Waals surface area contributed by atoms with Crippen molar-refractivity contribution in [1.29, 1.82) is 0 Å². The Labute approximate surface area is 101 Å². The Kier molecular flexibility index (Phi) is 5.22. The second kappa shape index (κ2) is 5.38. The van der Waals surface area contributed by atoms with Crippen LogP contribution in [0.5, 0.6) is 5.75 Å². The Hall–Kier alpha value is -0.375. The van der Waals surface area contributed by atoms with Crippen LogP contribution in [-0.4, -0.2) is 47.8 Å². The van der Waals surface area contributed by atoms with Gasteiger partial charge in [0.25, 0.3) is 0 Å². The number of pyridine rings is 1. The van der Waals surface area contributed by atoms with Gasteiger partial charge in [0.05, 0.1) is 0 Å². The Morgan fingerprint density at radius 2 is 1.69 bits per heavy atom. The number of hydrogen-bond acceptors (Lipinski definition) is 2. The van der Waals surface area contributed by atoms with Crippen LogP contribution in [0.3, 0.4) is 0 Å². The first-order valence-electron chi connectivity index (χ1n) is 3.40. The summed E-state index contributed by atoms with van der Waals surface area (Å²) >= 11 is 0. The molecule has 2 nitrogen and oxygen atoms in total. The van der Waals surface area contributed by atoms with Crippen LogP contribution < -0.4 is 0 Å². The zero-order chi connectivity index (χ0) is 7.68. The van der Waals surface area contributed by atoms with E-state index < -0.39 is 0 Å². The van der Waals surface area contributed by atoms with Crippen molar-refractivity contribution in [2.45, 2.75) is 0 Å². The Morgan fingerprint density at radius 1 is 1.00 bits per heavy atom. The van der Waals surface area contributed by atoms with Crippen LogP contribution in [0.25, 0.3) is 10.9 Å². The fraction of sp³-hybridized carbons (Fsp3) is 0. The SMILES string of the molecule is Oc1cccc2cccnc12.[Li].[Li]. The number of hydrogen-bond donors (Lipinski definition) is 1. The van der Waals surface area contributed by atoms with Gasteiger partial charge in [-0.25, -0.2) is 0 Å². The molecule has 4 heteroatoms. The van der Waals surface area contributed by atoms with Crippen molar-refractivity contribution in [2.75, 3.05) is 0 Å². The molecule has 2 aromatic rings. The van der Waals surface area contributed by atoms with E-state index >= 15 is 0 Å². The Balaban J connectivity index is 0.000000720. The number of para-hydroxylation sites is 1. The molecule has 0 saturated carbocycles. The summed E-state index contributed by atoms with van der Waals surface area (Å²) in [7, 11) is 0. The molecular weight excluding hydrogens is 152 g/mol. The molecule has 1 heterocycles. The van der Waals surface area contributed by atoms with Crippen LogP contribution in [0, 0.1) is 0 Å². The first-order valence-corrected chi connectivity index (χ1v) is 3.40. The maximum Gasteiger partial charge on any atom is 0.141 e. The predicted octanol–water partition coefficient (Wildman–Crippen LogP) is 1.18. The molecule has 1 aromatic carbocycles. The predicted molar refractivity (Wildman–Crippen MR) is 54.9 cm³/mol. The maximum atomic E-state index is 9.31. The quantitative estimate of drug-likeness (QED) is 0.585. The van der Waals surface area contributed by atoms with Gasteiger partial charge < -0.3 is 5.11 Å². The van der Waals surface area contributed by atoms with Crippen molar-refractivity contribution in [2.24, 2.45) is 0 Å². The van der Waals surface area contributed by atoms with Crippen molar-refractivity contribution >= 4 is 48.6 Å². The van der Waals surface area contributed by atoms with Gasteiger partial charge in [0.15, 0.2) is 0 Å². The van der Waals surface area contributed by atoms with E-state index in [1.165, 1.54) is 0 Å². The number of phenols is 1. The molecule has 0 fully saturated rings. The minimum Gasteiger partial charge on any atom is -0.506 e. The molecule has 0 bridgehead atoms. The average molecular weight is 159 g/mol. The van der Waals surface area contributed by atoms with E-state index in [-0.39, 0.29) is 43.5 Å². The molecule has 0 saturated heterocycles. The molecule has 0 aliphatic rings. The van der Waals surface area contributed by atoms with Crippen molar-refractivity contribution in [1.82, 2.24) is 4.98 Å². The number of benzene rings is 1. The molecule has 13 heavy (non-hydrogen) atoms. The summed E-state index contributed by atoms with van der Waals surface area (Å²) in [5.41, 5.74) is 0.662. The molecule has 0 aliphatic carbocycles. The summed E-state index contributed by atoms with van der Waals surface area (Å²) < 4.78 is 0. The van der Waals surface area contributed by atoms with Crippen molar-refractivity contribution in [3.05, 3.63) is 36.5 Å². The molecule has 0 amide bonds. The van der Waals surface area contributed by atoms with E-state index in [1.54, 1.807) is 18.3 Å². The maximum absolute atomic E-state index is 9.31. The first-order chi connectivity index (χ1) is 5.38. The summed E-state index contributed by atoms with van der Waals surface area (Å²) in [6.45, 7) is 0. The molecule has 0 spiro atoms. The third-order valence-electron chi connectivity index (χ3n) is 1.61. The number of aromatic nitrogens is 1. The fourth-order valence-corrected chi connectivity index (χ4v) is 1.09. The topological polar surface area (TPSA) is 33.1 Å². The summed E-state index contributed by atoms with van der Waals surface area (Å²) in [6.07, 6.45) is 1.67. The number of fused-ring (bicyclic) bond motifs is 1. The van der Waals surface area contributed by atoms with Crippen LogP contribution in [-0.2, 0) is 0 Å². The second-order valence-electron chi connectivity index (χ2n) is 2.35. The molecular formula is C9H7Li2NO. The molecule has 0 atom stereocenters. The smallest absolute Gasteiger partial charge is 0.141 e. The Bertz CT molecular complexity index is 387. The van der Waals surface area contributed by atoms with Gasteiger partial charge in [0, 0.05) is 49.3 Å². The summed E-state index contributed by atoms with van der Waals surface area (Å²) in [5, 5.41) is 10.3. The van der Waals surface area contributed by atoms with Gasteiger partial charge in [-0.2, -0.15) is 0 Å². The van der Waals surface area contributed by atoms with Crippen LogP contribution >= 0.6 is 0 Å². The normalized spacial score (nSPS) is 8.62. The minimum absolute atomic E-state index is 0. The van der Waals surface area contributed by atoms with E-state index in [1.807, 2.05) is 18.2 Å². The van der Waals surface area contributed by atoms with Gasteiger partial charge in [-0.1, -0.05) is 18.2 Å². The monoisotopic (exact) mass is 159 g/mol. The van der Waals surface area contributed by atoms with E-state index in [0.717, 1.165) is 5.39 Å². The largest absolute Gasteiger partial charge is 0.506 e. The molecule has 56 valence electrons. The van der Waals surface area contributed by atoms with Gasteiger partial charge in [-0.05, 0) is 12.1 Å². The van der Waals surface area contributed by atoms with Gasteiger partial charge in [-0.3, -0.25) is 4.98 Å². The molecule has 2 rings (SSSR count). The van der Waals surface area contributed by atoms with E-state index in [2.05, 4.69) is 4.98 Å².